The first-order valence-electron chi connectivity index (χ1n) is 5.60. The Bertz CT molecular complexity index is 493. The van der Waals surface area contributed by atoms with Gasteiger partial charge < -0.3 is 0 Å². The van der Waals surface area contributed by atoms with E-state index < -0.39 is 0 Å². The van der Waals surface area contributed by atoms with Crippen molar-refractivity contribution in [3.05, 3.63) is 59.7 Å². The van der Waals surface area contributed by atoms with Gasteiger partial charge in [0, 0.05) is 5.41 Å². The third-order valence-corrected chi connectivity index (χ3v) is 3.40. The standard InChI is InChI=1S/C15H14N/c1-15(2)11-7-3-5-9-13(11)16-14-10-6-4-8-12(14)15/h3-10H,1-2H3. The van der Waals surface area contributed by atoms with Gasteiger partial charge in [0.15, 0.2) is 0 Å². The van der Waals surface area contributed by atoms with Gasteiger partial charge in [-0.3, -0.25) is 0 Å². The van der Waals surface area contributed by atoms with Crippen LogP contribution >= 0.6 is 0 Å². The molecule has 0 fully saturated rings. The second-order valence-electron chi connectivity index (χ2n) is 4.77. The van der Waals surface area contributed by atoms with Gasteiger partial charge in [-0.2, -0.15) is 0 Å². The molecule has 1 heterocycles. The van der Waals surface area contributed by atoms with Crippen LogP contribution in [0.2, 0.25) is 0 Å². The average molecular weight is 208 g/mol. The molecule has 0 bridgehead atoms. The molecule has 0 aromatic heterocycles. The van der Waals surface area contributed by atoms with E-state index >= 15 is 0 Å². The molecule has 1 heteroatoms. The fraction of sp³-hybridized carbons (Fsp3) is 0.200. The van der Waals surface area contributed by atoms with Crippen LogP contribution in [-0.4, -0.2) is 0 Å². The van der Waals surface area contributed by atoms with Crippen molar-refractivity contribution in [3.8, 4) is 0 Å². The highest BCUT2D eigenvalue weighted by Gasteiger charge is 2.32. The van der Waals surface area contributed by atoms with Crippen LogP contribution in [0.5, 0.6) is 0 Å². The zero-order valence-electron chi connectivity index (χ0n) is 9.57. The van der Waals surface area contributed by atoms with Crippen molar-refractivity contribution in [2.75, 3.05) is 0 Å². The van der Waals surface area contributed by atoms with Crippen molar-refractivity contribution in [2.24, 2.45) is 0 Å². The lowest BCUT2D eigenvalue weighted by molar-refractivity contribution is 0.624. The number of nitrogens with zero attached hydrogens (tertiary/aromatic N) is 1. The van der Waals surface area contributed by atoms with E-state index in [1.165, 1.54) is 11.1 Å². The highest BCUT2D eigenvalue weighted by atomic mass is 14.9. The molecule has 0 aliphatic carbocycles. The van der Waals surface area contributed by atoms with E-state index in [2.05, 4.69) is 50.2 Å². The van der Waals surface area contributed by atoms with E-state index in [0.717, 1.165) is 11.4 Å². The summed E-state index contributed by atoms with van der Waals surface area (Å²) in [4.78, 5) is 0. The second kappa shape index (κ2) is 3.11. The first-order valence-corrected chi connectivity index (χ1v) is 5.60. The lowest BCUT2D eigenvalue weighted by Crippen LogP contribution is -2.25. The SMILES string of the molecule is CC1(C)c2ccccc2[N]c2ccccc21. The quantitative estimate of drug-likeness (QED) is 0.623. The van der Waals surface area contributed by atoms with E-state index in [-0.39, 0.29) is 5.41 Å². The molecule has 16 heavy (non-hydrogen) atoms. The minimum absolute atomic E-state index is 0.0505. The second-order valence-corrected chi connectivity index (χ2v) is 4.77. The van der Waals surface area contributed by atoms with Crippen LogP contribution in [0, 0.1) is 0 Å². The van der Waals surface area contributed by atoms with E-state index in [1.807, 2.05) is 12.1 Å². The number of para-hydroxylation sites is 2. The topological polar surface area (TPSA) is 14.1 Å². The van der Waals surface area contributed by atoms with E-state index in [9.17, 15) is 0 Å². The number of hydrogen-bond donors (Lipinski definition) is 0. The number of rotatable bonds is 0. The lowest BCUT2D eigenvalue weighted by Gasteiger charge is -2.34. The van der Waals surface area contributed by atoms with Gasteiger partial charge in [-0.15, -0.1) is 0 Å². The van der Waals surface area contributed by atoms with Crippen LogP contribution in [0.25, 0.3) is 0 Å². The highest BCUT2D eigenvalue weighted by molar-refractivity contribution is 5.67. The van der Waals surface area contributed by atoms with Crippen LogP contribution in [0.15, 0.2) is 48.5 Å². The molecule has 1 radical (unpaired) electrons. The van der Waals surface area contributed by atoms with Crippen molar-refractivity contribution in [2.45, 2.75) is 19.3 Å². The molecule has 0 unspecified atom stereocenters. The minimum Gasteiger partial charge on any atom is -0.248 e. The predicted molar refractivity (Wildman–Crippen MR) is 66.5 cm³/mol. The molecular formula is C15H14N. The molecular weight excluding hydrogens is 194 g/mol. The van der Waals surface area contributed by atoms with E-state index in [1.54, 1.807) is 0 Å². The molecule has 0 N–H and O–H groups in total. The summed E-state index contributed by atoms with van der Waals surface area (Å²) in [6.45, 7) is 4.53. The van der Waals surface area contributed by atoms with Gasteiger partial charge in [-0.25, -0.2) is 5.32 Å². The molecule has 1 nitrogen and oxygen atoms in total. The molecule has 1 aliphatic heterocycles. The summed E-state index contributed by atoms with van der Waals surface area (Å²) in [6, 6.07) is 16.8. The predicted octanol–water partition coefficient (Wildman–Crippen LogP) is 3.89. The van der Waals surface area contributed by atoms with Gasteiger partial charge in [0.1, 0.15) is 0 Å². The summed E-state index contributed by atoms with van der Waals surface area (Å²) in [6.07, 6.45) is 0. The molecule has 0 atom stereocenters. The first kappa shape index (κ1) is 9.46. The molecule has 0 saturated carbocycles. The van der Waals surface area contributed by atoms with Crippen LogP contribution in [0.1, 0.15) is 25.0 Å². The molecule has 0 amide bonds. The van der Waals surface area contributed by atoms with Crippen molar-refractivity contribution in [1.82, 2.24) is 5.32 Å². The Morgan fingerprint density at radius 3 is 1.69 bits per heavy atom. The Labute approximate surface area is 96.1 Å². The van der Waals surface area contributed by atoms with Crippen LogP contribution in [0.3, 0.4) is 0 Å². The molecule has 1 aliphatic rings. The van der Waals surface area contributed by atoms with Crippen molar-refractivity contribution < 1.29 is 0 Å². The third-order valence-electron chi connectivity index (χ3n) is 3.40. The van der Waals surface area contributed by atoms with Crippen LogP contribution in [0.4, 0.5) is 11.4 Å². The van der Waals surface area contributed by atoms with Crippen molar-refractivity contribution in [1.29, 1.82) is 0 Å². The fourth-order valence-corrected chi connectivity index (χ4v) is 2.47. The maximum atomic E-state index is 4.70. The smallest absolute Gasteiger partial charge is 0.0677 e. The maximum absolute atomic E-state index is 4.70. The summed E-state index contributed by atoms with van der Waals surface area (Å²) in [5, 5.41) is 4.70. The minimum atomic E-state index is 0.0505. The Hall–Kier alpha value is -1.76. The van der Waals surface area contributed by atoms with Crippen molar-refractivity contribution in [3.63, 3.8) is 0 Å². The summed E-state index contributed by atoms with van der Waals surface area (Å²) >= 11 is 0. The zero-order valence-corrected chi connectivity index (χ0v) is 9.57. The fourth-order valence-electron chi connectivity index (χ4n) is 2.47. The lowest BCUT2D eigenvalue weighted by atomic mass is 9.74. The van der Waals surface area contributed by atoms with E-state index in [0.29, 0.717) is 0 Å². The van der Waals surface area contributed by atoms with Crippen LogP contribution < -0.4 is 5.32 Å². The number of hydrogen-bond acceptors (Lipinski definition) is 0. The normalized spacial score (nSPS) is 15.9. The van der Waals surface area contributed by atoms with Gasteiger partial charge in [0.2, 0.25) is 0 Å². The monoisotopic (exact) mass is 208 g/mol. The molecule has 3 rings (SSSR count). The van der Waals surface area contributed by atoms with Gasteiger partial charge in [0.05, 0.1) is 11.4 Å². The molecule has 79 valence electrons. The number of benzene rings is 2. The van der Waals surface area contributed by atoms with Gasteiger partial charge in [-0.1, -0.05) is 50.2 Å². The Morgan fingerprint density at radius 2 is 1.19 bits per heavy atom. The summed E-state index contributed by atoms with van der Waals surface area (Å²) in [7, 11) is 0. The summed E-state index contributed by atoms with van der Waals surface area (Å²) in [5.41, 5.74) is 4.88. The molecule has 2 aromatic rings. The highest BCUT2D eigenvalue weighted by Crippen LogP contribution is 2.44. The summed E-state index contributed by atoms with van der Waals surface area (Å²) < 4.78 is 0. The van der Waals surface area contributed by atoms with Crippen molar-refractivity contribution >= 4 is 11.4 Å². The number of fused-ring (bicyclic) bond motifs is 2. The molecule has 2 aromatic carbocycles. The van der Waals surface area contributed by atoms with E-state index in [4.69, 9.17) is 5.32 Å². The van der Waals surface area contributed by atoms with Crippen LogP contribution in [-0.2, 0) is 5.41 Å². The van der Waals surface area contributed by atoms with Gasteiger partial charge in [0.25, 0.3) is 0 Å². The Kier molecular flexibility index (Phi) is 1.84. The molecule has 0 saturated heterocycles. The largest absolute Gasteiger partial charge is 0.248 e. The first-order chi connectivity index (χ1) is 7.69. The Balaban J connectivity index is 2.28. The average Bonchev–Trinajstić information content (AvgIpc) is 2.29. The molecule has 0 spiro atoms. The Morgan fingerprint density at radius 1 is 0.750 bits per heavy atom. The summed E-state index contributed by atoms with van der Waals surface area (Å²) in [5.74, 6) is 0. The van der Waals surface area contributed by atoms with Gasteiger partial charge >= 0.3 is 0 Å². The maximum Gasteiger partial charge on any atom is 0.0677 e. The van der Waals surface area contributed by atoms with Gasteiger partial charge in [-0.05, 0) is 23.3 Å². The zero-order chi connectivity index (χ0) is 11.2. The third kappa shape index (κ3) is 1.18.